The molecule has 4 nitrogen and oxygen atoms in total. The van der Waals surface area contributed by atoms with E-state index in [1.165, 1.54) is 0 Å². The van der Waals surface area contributed by atoms with Crippen LogP contribution < -0.4 is 5.32 Å². The Hall–Kier alpha value is -1.52. The van der Waals surface area contributed by atoms with E-state index in [-0.39, 0.29) is 17.7 Å². The largest absolute Gasteiger partial charge is 0.350 e. The fourth-order valence-electron chi connectivity index (χ4n) is 2.53. The second kappa shape index (κ2) is 5.70. The predicted octanol–water partition coefficient (Wildman–Crippen LogP) is 3.15. The van der Waals surface area contributed by atoms with Gasteiger partial charge in [0.1, 0.15) is 0 Å². The summed E-state index contributed by atoms with van der Waals surface area (Å²) in [4.78, 5) is 12.2. The van der Waals surface area contributed by atoms with Gasteiger partial charge in [-0.15, -0.1) is 0 Å². The van der Waals surface area contributed by atoms with Gasteiger partial charge in [0.25, 0.3) is 0 Å². The monoisotopic (exact) mass is 323 g/mol. The number of aryl methyl sites for hydroxylation is 1. The summed E-state index contributed by atoms with van der Waals surface area (Å²) in [6, 6.07) is 7.35. The first kappa shape index (κ1) is 14.4. The summed E-state index contributed by atoms with van der Waals surface area (Å²) in [5.41, 5.74) is 2.01. The number of rotatable bonds is 4. The van der Waals surface area contributed by atoms with Gasteiger partial charge in [0.15, 0.2) is 0 Å². The van der Waals surface area contributed by atoms with E-state index in [0.717, 1.165) is 17.7 Å². The van der Waals surface area contributed by atoms with E-state index in [9.17, 15) is 4.79 Å². The molecule has 0 spiro atoms. The smallest absolute Gasteiger partial charge is 0.224 e. The molecule has 0 aliphatic heterocycles. The first-order chi connectivity index (χ1) is 10.0. The lowest BCUT2D eigenvalue weighted by Crippen LogP contribution is -2.25. The highest BCUT2D eigenvalue weighted by molar-refractivity contribution is 6.34. The normalized spacial score (nSPS) is 20.3. The lowest BCUT2D eigenvalue weighted by atomic mass is 10.1. The summed E-state index contributed by atoms with van der Waals surface area (Å²) >= 11 is 12.0. The van der Waals surface area contributed by atoms with E-state index in [2.05, 4.69) is 10.4 Å². The van der Waals surface area contributed by atoms with Crippen LogP contribution in [0.1, 0.15) is 23.6 Å². The number of carbonyl (C=O) groups excluding carboxylic acids is 1. The minimum atomic E-state index is 0.00719. The molecule has 0 saturated heterocycles. The molecule has 0 radical (unpaired) electrons. The van der Waals surface area contributed by atoms with Crippen LogP contribution in [0.25, 0.3) is 0 Å². The predicted molar refractivity (Wildman–Crippen MR) is 82.4 cm³/mol. The third-order valence-electron chi connectivity index (χ3n) is 3.81. The van der Waals surface area contributed by atoms with Crippen molar-refractivity contribution in [2.75, 3.05) is 0 Å². The van der Waals surface area contributed by atoms with Crippen molar-refractivity contribution in [2.45, 2.75) is 18.9 Å². The Morgan fingerprint density at radius 3 is 2.71 bits per heavy atom. The molecule has 1 aliphatic carbocycles. The van der Waals surface area contributed by atoms with Crippen LogP contribution in [-0.2, 0) is 18.4 Å². The number of carbonyl (C=O) groups is 1. The van der Waals surface area contributed by atoms with Crippen molar-refractivity contribution < 1.29 is 4.79 Å². The summed E-state index contributed by atoms with van der Waals surface area (Å²) in [5, 5.41) is 8.24. The Morgan fingerprint density at radius 1 is 1.38 bits per heavy atom. The van der Waals surface area contributed by atoms with Crippen molar-refractivity contribution in [1.82, 2.24) is 15.1 Å². The van der Waals surface area contributed by atoms with Gasteiger partial charge in [-0.1, -0.05) is 23.2 Å². The SMILES string of the molecule is Cn1nccc1CNC(=O)[C@H]1C[C@@H]1c1cc(Cl)cc(Cl)c1. The molecular weight excluding hydrogens is 309 g/mol. The van der Waals surface area contributed by atoms with Gasteiger partial charge in [-0.05, 0) is 42.2 Å². The van der Waals surface area contributed by atoms with Crippen LogP contribution in [0.3, 0.4) is 0 Å². The lowest BCUT2D eigenvalue weighted by Gasteiger charge is -2.06. The Morgan fingerprint density at radius 2 is 2.10 bits per heavy atom. The van der Waals surface area contributed by atoms with Gasteiger partial charge in [-0.2, -0.15) is 5.10 Å². The van der Waals surface area contributed by atoms with Crippen LogP contribution in [0.2, 0.25) is 10.0 Å². The van der Waals surface area contributed by atoms with Gasteiger partial charge in [0, 0.05) is 29.2 Å². The number of nitrogens with one attached hydrogen (secondary N) is 1. The third-order valence-corrected chi connectivity index (χ3v) is 4.24. The standard InChI is InChI=1S/C15H15Cl2N3O/c1-20-12(2-3-19-20)8-18-15(21)14-7-13(14)9-4-10(16)6-11(17)5-9/h2-6,13-14H,7-8H2,1H3,(H,18,21)/t13-,14+/m1/s1. The highest BCUT2D eigenvalue weighted by Crippen LogP contribution is 2.48. The summed E-state index contributed by atoms with van der Waals surface area (Å²) < 4.78 is 1.75. The summed E-state index contributed by atoms with van der Waals surface area (Å²) in [6.07, 6.45) is 2.56. The summed E-state index contributed by atoms with van der Waals surface area (Å²) in [6.45, 7) is 0.495. The molecule has 0 unspecified atom stereocenters. The van der Waals surface area contributed by atoms with Crippen LogP contribution in [0.15, 0.2) is 30.5 Å². The molecule has 1 saturated carbocycles. The van der Waals surface area contributed by atoms with Crippen LogP contribution in [0.4, 0.5) is 0 Å². The molecule has 1 N–H and O–H groups in total. The minimum Gasteiger partial charge on any atom is -0.350 e. The zero-order valence-electron chi connectivity index (χ0n) is 11.5. The summed E-state index contributed by atoms with van der Waals surface area (Å²) in [5.74, 6) is 0.290. The molecule has 1 fully saturated rings. The van der Waals surface area contributed by atoms with Gasteiger partial charge < -0.3 is 5.32 Å². The number of nitrogens with zero attached hydrogens (tertiary/aromatic N) is 2. The molecule has 1 amide bonds. The zero-order valence-corrected chi connectivity index (χ0v) is 13.0. The number of aromatic nitrogens is 2. The Kier molecular flexibility index (Phi) is 3.91. The maximum absolute atomic E-state index is 12.2. The number of halogens is 2. The molecule has 3 rings (SSSR count). The first-order valence-corrected chi connectivity index (χ1v) is 7.51. The Bertz CT molecular complexity index is 663. The molecule has 2 aromatic rings. The van der Waals surface area contributed by atoms with Gasteiger partial charge in [-0.25, -0.2) is 0 Å². The molecule has 0 bridgehead atoms. The van der Waals surface area contributed by atoms with Crippen LogP contribution in [0, 0.1) is 5.92 Å². The molecule has 110 valence electrons. The minimum absolute atomic E-state index is 0.00719. The van der Waals surface area contributed by atoms with Crippen molar-refractivity contribution in [3.8, 4) is 0 Å². The van der Waals surface area contributed by atoms with Gasteiger partial charge in [0.2, 0.25) is 5.91 Å². The maximum Gasteiger partial charge on any atom is 0.224 e. The Labute approximate surface area is 133 Å². The third kappa shape index (κ3) is 3.22. The molecule has 1 aromatic carbocycles. The topological polar surface area (TPSA) is 46.9 Å². The van der Waals surface area contributed by atoms with E-state index < -0.39 is 0 Å². The second-order valence-corrected chi connectivity index (χ2v) is 6.19. The summed E-state index contributed by atoms with van der Waals surface area (Å²) in [7, 11) is 1.86. The zero-order chi connectivity index (χ0) is 15.0. The quantitative estimate of drug-likeness (QED) is 0.939. The molecular formula is C15H15Cl2N3O. The maximum atomic E-state index is 12.2. The molecule has 2 atom stereocenters. The fraction of sp³-hybridized carbons (Fsp3) is 0.333. The van der Waals surface area contributed by atoms with Crippen molar-refractivity contribution in [3.63, 3.8) is 0 Å². The van der Waals surface area contributed by atoms with E-state index in [0.29, 0.717) is 16.6 Å². The van der Waals surface area contributed by atoms with Gasteiger partial charge in [0.05, 0.1) is 12.2 Å². The molecule has 21 heavy (non-hydrogen) atoms. The molecule has 1 heterocycles. The average Bonchev–Trinajstić information content (AvgIpc) is 3.12. The van der Waals surface area contributed by atoms with Crippen molar-refractivity contribution in [3.05, 3.63) is 51.8 Å². The highest BCUT2D eigenvalue weighted by atomic mass is 35.5. The van der Waals surface area contributed by atoms with Crippen LogP contribution >= 0.6 is 23.2 Å². The molecule has 1 aromatic heterocycles. The average molecular weight is 324 g/mol. The number of hydrogen-bond donors (Lipinski definition) is 1. The van der Waals surface area contributed by atoms with Crippen molar-refractivity contribution >= 4 is 29.1 Å². The van der Waals surface area contributed by atoms with Crippen molar-refractivity contribution in [2.24, 2.45) is 13.0 Å². The van der Waals surface area contributed by atoms with Crippen molar-refractivity contribution in [1.29, 1.82) is 0 Å². The van der Waals surface area contributed by atoms with Gasteiger partial charge in [-0.3, -0.25) is 9.48 Å². The van der Waals surface area contributed by atoms with E-state index in [4.69, 9.17) is 23.2 Å². The number of amides is 1. The van der Waals surface area contributed by atoms with E-state index in [1.807, 2.05) is 25.2 Å². The number of hydrogen-bond acceptors (Lipinski definition) is 2. The fourth-order valence-corrected chi connectivity index (χ4v) is 3.07. The Balaban J connectivity index is 1.59. The molecule has 6 heteroatoms. The van der Waals surface area contributed by atoms with Gasteiger partial charge >= 0.3 is 0 Å². The number of benzene rings is 1. The van der Waals surface area contributed by atoms with E-state index >= 15 is 0 Å². The van der Waals surface area contributed by atoms with E-state index in [1.54, 1.807) is 16.9 Å². The van der Waals surface area contributed by atoms with Crippen LogP contribution in [0.5, 0.6) is 0 Å². The molecule has 1 aliphatic rings. The van der Waals surface area contributed by atoms with Crippen LogP contribution in [-0.4, -0.2) is 15.7 Å². The highest BCUT2D eigenvalue weighted by Gasteiger charge is 2.44. The second-order valence-electron chi connectivity index (χ2n) is 5.32. The lowest BCUT2D eigenvalue weighted by molar-refractivity contribution is -0.122. The first-order valence-electron chi connectivity index (χ1n) is 6.75.